The third kappa shape index (κ3) is 8.68. The second-order valence-corrected chi connectivity index (χ2v) is 19.1. The van der Waals surface area contributed by atoms with Gasteiger partial charge in [0, 0.05) is 17.1 Å². The van der Waals surface area contributed by atoms with Crippen LogP contribution in [0.25, 0.3) is 0 Å². The van der Waals surface area contributed by atoms with Crippen molar-refractivity contribution >= 4 is 26.5 Å². The van der Waals surface area contributed by atoms with E-state index >= 15 is 0 Å². The molecule has 0 nitrogen and oxygen atoms in total. The Balaban J connectivity index is 0.000000640. The molecule has 2 saturated carbocycles. The zero-order valence-electron chi connectivity index (χ0n) is 23.4. The molecule has 196 valence electrons. The normalized spacial score (nSPS) is 21.4. The van der Waals surface area contributed by atoms with Crippen molar-refractivity contribution in [3.05, 3.63) is 60.7 Å². The van der Waals surface area contributed by atoms with Crippen LogP contribution >= 0.6 is 15.8 Å². The van der Waals surface area contributed by atoms with E-state index in [0.29, 0.717) is 10.3 Å². The Labute approximate surface area is 230 Å². The number of rotatable bonds is 5. The fourth-order valence-corrected chi connectivity index (χ4v) is 15.5. The molecule has 3 atom stereocenters. The van der Waals surface area contributed by atoms with E-state index < -0.39 is 0 Å². The predicted molar refractivity (Wildman–Crippen MR) is 159 cm³/mol. The standard InChI is InChI=1S/C27H40P2.C5H10.Fe/c1-21(29(26(2,3)4)27(5,6)7)24-19-14-20-25(24)28(22-15-10-8-11-16-22)23-17-12-9-13-18-23;1-2-4-5-3-1;/h8-13,15-18,21,24-25H,14,19-20H2,1-7H3;1-5H2;. The van der Waals surface area contributed by atoms with Crippen molar-refractivity contribution in [2.75, 3.05) is 0 Å². The van der Waals surface area contributed by atoms with Gasteiger partial charge in [0.1, 0.15) is 0 Å². The summed E-state index contributed by atoms with van der Waals surface area (Å²) in [6.45, 7) is 17.5. The Hall–Kier alpha value is -0.181. The van der Waals surface area contributed by atoms with Crippen LogP contribution in [0.2, 0.25) is 0 Å². The van der Waals surface area contributed by atoms with E-state index in [1.54, 1.807) is 10.6 Å². The largest absolute Gasteiger partial charge is 0.0924 e. The SMILES string of the molecule is C1CCCC1.CC(C1CCCC1P(c1ccccc1)c1ccccc1)P(C(C)(C)C)C(C)(C)C.[Fe]. The molecule has 0 N–H and O–H groups in total. The first-order chi connectivity index (χ1) is 16.1. The summed E-state index contributed by atoms with van der Waals surface area (Å²) in [5, 5.41) is 3.91. The minimum absolute atomic E-state index is 0. The molecule has 0 aliphatic heterocycles. The van der Waals surface area contributed by atoms with E-state index in [4.69, 9.17) is 0 Å². The molecular formula is C32H50FeP2. The summed E-state index contributed by atoms with van der Waals surface area (Å²) in [7, 11) is -0.404. The van der Waals surface area contributed by atoms with Gasteiger partial charge in [-0.15, -0.1) is 0 Å². The summed E-state index contributed by atoms with van der Waals surface area (Å²) in [5.74, 6) is 0.839. The third-order valence-corrected chi connectivity index (χ3v) is 14.8. The summed E-state index contributed by atoms with van der Waals surface area (Å²) in [6, 6.07) is 22.8. The molecule has 0 saturated heterocycles. The van der Waals surface area contributed by atoms with Gasteiger partial charge in [0.25, 0.3) is 0 Å². The second kappa shape index (κ2) is 14.1. The van der Waals surface area contributed by atoms with E-state index in [2.05, 4.69) is 109 Å². The molecule has 2 fully saturated rings. The zero-order valence-corrected chi connectivity index (χ0v) is 26.3. The van der Waals surface area contributed by atoms with E-state index in [9.17, 15) is 0 Å². The van der Waals surface area contributed by atoms with Gasteiger partial charge >= 0.3 is 0 Å². The van der Waals surface area contributed by atoms with E-state index in [1.165, 1.54) is 51.4 Å². The molecule has 2 aliphatic rings. The van der Waals surface area contributed by atoms with Gasteiger partial charge in [-0.05, 0) is 58.9 Å². The van der Waals surface area contributed by atoms with Gasteiger partial charge in [-0.3, -0.25) is 0 Å². The van der Waals surface area contributed by atoms with Crippen molar-refractivity contribution in [1.82, 2.24) is 0 Å². The molecule has 0 bridgehead atoms. The molecule has 3 unspecified atom stereocenters. The van der Waals surface area contributed by atoms with Crippen molar-refractivity contribution in [3.8, 4) is 0 Å². The maximum atomic E-state index is 2.61. The van der Waals surface area contributed by atoms with Gasteiger partial charge in [0.2, 0.25) is 0 Å². The molecule has 0 radical (unpaired) electrons. The zero-order chi connectivity index (χ0) is 24.8. The summed E-state index contributed by atoms with van der Waals surface area (Å²) >= 11 is 0. The Bertz CT molecular complexity index is 772. The molecule has 3 heteroatoms. The molecule has 0 aromatic heterocycles. The first-order valence-corrected chi connectivity index (χ1v) is 16.6. The van der Waals surface area contributed by atoms with Gasteiger partial charge < -0.3 is 0 Å². The van der Waals surface area contributed by atoms with Crippen molar-refractivity contribution in [2.24, 2.45) is 5.92 Å². The van der Waals surface area contributed by atoms with Crippen molar-refractivity contribution in [3.63, 3.8) is 0 Å². The van der Waals surface area contributed by atoms with E-state index in [0.717, 1.165) is 17.2 Å². The first kappa shape index (κ1) is 31.0. The number of benzene rings is 2. The minimum atomic E-state index is -0.310. The summed E-state index contributed by atoms with van der Waals surface area (Å²) in [6.07, 6.45) is 11.7. The second-order valence-electron chi connectivity index (χ2n) is 12.4. The van der Waals surface area contributed by atoms with Gasteiger partial charge in [-0.2, -0.15) is 0 Å². The van der Waals surface area contributed by atoms with Crippen LogP contribution in [0.15, 0.2) is 60.7 Å². The molecule has 0 spiro atoms. The van der Waals surface area contributed by atoms with Crippen molar-refractivity contribution in [2.45, 2.75) is 121 Å². The third-order valence-electron chi connectivity index (χ3n) is 7.65. The monoisotopic (exact) mass is 552 g/mol. The summed E-state index contributed by atoms with van der Waals surface area (Å²) in [5.41, 5.74) is 1.61. The molecule has 0 amide bonds. The Morgan fingerprint density at radius 1 is 0.629 bits per heavy atom. The minimum Gasteiger partial charge on any atom is -0.0924 e. The van der Waals surface area contributed by atoms with Crippen molar-refractivity contribution < 1.29 is 17.1 Å². The topological polar surface area (TPSA) is 0 Å². The number of hydrogen-bond donors (Lipinski definition) is 0. The molecular weight excluding hydrogens is 502 g/mol. The Morgan fingerprint density at radius 2 is 1.03 bits per heavy atom. The molecule has 0 heterocycles. The summed E-state index contributed by atoms with van der Waals surface area (Å²) in [4.78, 5) is 0. The molecule has 2 aromatic rings. The van der Waals surface area contributed by atoms with Gasteiger partial charge in [0.05, 0.1) is 0 Å². The van der Waals surface area contributed by atoms with Gasteiger partial charge in [0.15, 0.2) is 0 Å². The van der Waals surface area contributed by atoms with Gasteiger partial charge in [-0.25, -0.2) is 0 Å². The molecule has 35 heavy (non-hydrogen) atoms. The van der Waals surface area contributed by atoms with Crippen LogP contribution in [0.4, 0.5) is 0 Å². The Morgan fingerprint density at radius 3 is 1.40 bits per heavy atom. The van der Waals surface area contributed by atoms with Crippen molar-refractivity contribution in [1.29, 1.82) is 0 Å². The van der Waals surface area contributed by atoms with Gasteiger partial charge in [-0.1, -0.05) is 156 Å². The maximum absolute atomic E-state index is 2.61. The fraction of sp³-hybridized carbons (Fsp3) is 0.625. The number of hydrogen-bond acceptors (Lipinski definition) is 0. The van der Waals surface area contributed by atoms with Crippen LogP contribution in [0.1, 0.15) is 99.8 Å². The van der Waals surface area contributed by atoms with E-state index in [-0.39, 0.29) is 32.9 Å². The Kier molecular flexibility index (Phi) is 12.5. The van der Waals surface area contributed by atoms with E-state index in [1.807, 2.05) is 0 Å². The van der Waals surface area contributed by atoms with Crippen LogP contribution in [-0.4, -0.2) is 21.6 Å². The van der Waals surface area contributed by atoms with Crippen LogP contribution in [-0.2, 0) is 17.1 Å². The summed E-state index contributed by atoms with van der Waals surface area (Å²) < 4.78 is 0. The van der Waals surface area contributed by atoms with Crippen LogP contribution in [0.3, 0.4) is 0 Å². The van der Waals surface area contributed by atoms with Crippen LogP contribution in [0, 0.1) is 5.92 Å². The average Bonchev–Trinajstić information content (AvgIpc) is 3.49. The molecule has 2 aromatic carbocycles. The molecule has 2 aliphatic carbocycles. The fourth-order valence-electron chi connectivity index (χ4n) is 6.87. The average molecular weight is 553 g/mol. The first-order valence-electron chi connectivity index (χ1n) is 13.8. The molecule has 4 rings (SSSR count). The van der Waals surface area contributed by atoms with Crippen LogP contribution < -0.4 is 10.6 Å². The predicted octanol–water partition coefficient (Wildman–Crippen LogP) is 9.70. The van der Waals surface area contributed by atoms with Crippen LogP contribution in [0.5, 0.6) is 0 Å². The smallest absolute Gasteiger partial charge is 0 e. The quantitative estimate of drug-likeness (QED) is 0.256. The maximum Gasteiger partial charge on any atom is 0 e.